The Balaban J connectivity index is 3.99. The first kappa shape index (κ1) is 10.5. The number of hydrogen-bond acceptors (Lipinski definition) is 0. The topological polar surface area (TPSA) is 0 Å². The molecule has 0 aromatic rings. The van der Waals surface area contributed by atoms with Crippen LogP contribution in [-0.4, -0.2) is 0 Å². The smallest absolute Gasteiger partial charge is 0.0135 e. The molecule has 0 rings (SSSR count). The van der Waals surface area contributed by atoms with Gasteiger partial charge in [-0.1, -0.05) is 27.2 Å². The third kappa shape index (κ3) is 4.86. The van der Waals surface area contributed by atoms with E-state index in [0.717, 1.165) is 11.8 Å². The van der Waals surface area contributed by atoms with Crippen LogP contribution >= 0.6 is 0 Å². The summed E-state index contributed by atoms with van der Waals surface area (Å²) in [5.41, 5.74) is 3.16. The molecule has 0 amide bonds. The highest BCUT2D eigenvalue weighted by molar-refractivity contribution is 4.89. The maximum atomic E-state index is 3.16. The van der Waals surface area contributed by atoms with Crippen molar-refractivity contribution in [2.75, 3.05) is 0 Å². The molecule has 64 valence electrons. The highest BCUT2D eigenvalue weighted by Crippen LogP contribution is 2.17. The van der Waals surface area contributed by atoms with Gasteiger partial charge in [0, 0.05) is 0 Å². The van der Waals surface area contributed by atoms with Crippen LogP contribution in [0.2, 0.25) is 0 Å². The monoisotopic (exact) mass is 152 g/mol. The highest BCUT2D eigenvalue weighted by Gasteiger charge is 2.07. The van der Waals surface area contributed by atoms with Gasteiger partial charge in [0.15, 0.2) is 0 Å². The van der Waals surface area contributed by atoms with Crippen LogP contribution in [0, 0.1) is 11.8 Å². The van der Waals surface area contributed by atoms with Crippen molar-refractivity contribution in [1.82, 2.24) is 0 Å². The van der Waals surface area contributed by atoms with Crippen LogP contribution in [-0.2, 0) is 0 Å². The van der Waals surface area contributed by atoms with Crippen molar-refractivity contribution < 1.29 is 0 Å². The van der Waals surface area contributed by atoms with Crippen molar-refractivity contribution in [3.05, 3.63) is 17.9 Å². The quantitative estimate of drug-likeness (QED) is 0.538. The Morgan fingerprint density at radius 2 is 2.00 bits per heavy atom. The van der Waals surface area contributed by atoms with Gasteiger partial charge in [0.05, 0.1) is 0 Å². The predicted molar refractivity (Wildman–Crippen MR) is 51.6 cm³/mol. The molecular formula is C11H20. The summed E-state index contributed by atoms with van der Waals surface area (Å²) in [6, 6.07) is 0. The van der Waals surface area contributed by atoms with Gasteiger partial charge < -0.3 is 0 Å². The minimum Gasteiger partial charge on any atom is -0.130 e. The molecule has 0 bridgehead atoms. The van der Waals surface area contributed by atoms with E-state index in [1.807, 2.05) is 13.0 Å². The molecule has 0 radical (unpaired) electrons. The van der Waals surface area contributed by atoms with Gasteiger partial charge in [-0.25, -0.2) is 0 Å². The molecule has 0 aliphatic carbocycles. The lowest BCUT2D eigenvalue weighted by Crippen LogP contribution is -2.04. The van der Waals surface area contributed by atoms with Crippen LogP contribution in [0.4, 0.5) is 0 Å². The summed E-state index contributed by atoms with van der Waals surface area (Å²) in [5, 5.41) is 0. The zero-order chi connectivity index (χ0) is 8.69. The third-order valence-corrected chi connectivity index (χ3v) is 1.96. The predicted octanol–water partition coefficient (Wildman–Crippen LogP) is 3.79. The minimum absolute atomic E-state index is 0.719. The Labute approximate surface area is 71.0 Å². The molecule has 0 spiro atoms. The van der Waals surface area contributed by atoms with E-state index in [4.69, 9.17) is 0 Å². The summed E-state index contributed by atoms with van der Waals surface area (Å²) in [5.74, 6) is 1.47. The van der Waals surface area contributed by atoms with Gasteiger partial charge in [0.2, 0.25) is 0 Å². The van der Waals surface area contributed by atoms with E-state index in [1.165, 1.54) is 12.8 Å². The minimum atomic E-state index is 0.719. The maximum absolute atomic E-state index is 3.16. The van der Waals surface area contributed by atoms with E-state index >= 15 is 0 Å². The molecule has 0 heteroatoms. The highest BCUT2D eigenvalue weighted by atomic mass is 14.1. The fourth-order valence-electron chi connectivity index (χ4n) is 1.16. The van der Waals surface area contributed by atoms with E-state index in [0.29, 0.717) is 0 Å². The van der Waals surface area contributed by atoms with Gasteiger partial charge >= 0.3 is 0 Å². The Hall–Kier alpha value is -0.480. The van der Waals surface area contributed by atoms with E-state index in [-0.39, 0.29) is 0 Å². The van der Waals surface area contributed by atoms with Crippen LogP contribution < -0.4 is 0 Å². The Morgan fingerprint density at radius 1 is 1.36 bits per heavy atom. The van der Waals surface area contributed by atoms with Crippen molar-refractivity contribution in [2.24, 2.45) is 11.8 Å². The average Bonchev–Trinajstić information content (AvgIpc) is 1.97. The van der Waals surface area contributed by atoms with E-state index in [9.17, 15) is 0 Å². The number of hydrogen-bond donors (Lipinski definition) is 0. The van der Waals surface area contributed by atoms with Gasteiger partial charge in [-0.05, 0) is 37.3 Å². The molecule has 0 fully saturated rings. The first-order valence-corrected chi connectivity index (χ1v) is 4.59. The van der Waals surface area contributed by atoms with Crippen molar-refractivity contribution in [1.29, 1.82) is 0 Å². The van der Waals surface area contributed by atoms with Crippen LogP contribution in [0.15, 0.2) is 17.9 Å². The van der Waals surface area contributed by atoms with Gasteiger partial charge in [-0.2, -0.15) is 0 Å². The molecule has 1 unspecified atom stereocenters. The fourth-order valence-corrected chi connectivity index (χ4v) is 1.16. The van der Waals surface area contributed by atoms with Gasteiger partial charge in [-0.15, -0.1) is 5.73 Å². The SMILES string of the molecule is CC=C=CC(CCC)C(C)C. The summed E-state index contributed by atoms with van der Waals surface area (Å²) in [6.07, 6.45) is 6.74. The van der Waals surface area contributed by atoms with Crippen molar-refractivity contribution in [2.45, 2.75) is 40.5 Å². The van der Waals surface area contributed by atoms with Crippen molar-refractivity contribution >= 4 is 0 Å². The van der Waals surface area contributed by atoms with Gasteiger partial charge in [0.1, 0.15) is 0 Å². The van der Waals surface area contributed by atoms with Gasteiger partial charge in [-0.3, -0.25) is 0 Å². The lowest BCUT2D eigenvalue weighted by Gasteiger charge is -2.13. The average molecular weight is 152 g/mol. The first-order valence-electron chi connectivity index (χ1n) is 4.59. The standard InChI is InChI=1S/C11H20/c1-5-7-9-11(8-6-2)10(3)4/h5,9-11H,6,8H2,1-4H3. The van der Waals surface area contributed by atoms with Gasteiger partial charge in [0.25, 0.3) is 0 Å². The lowest BCUT2D eigenvalue weighted by molar-refractivity contribution is 0.432. The fraction of sp³-hybridized carbons (Fsp3) is 0.727. The Bertz CT molecular complexity index is 136. The summed E-state index contributed by atoms with van der Waals surface area (Å²) < 4.78 is 0. The van der Waals surface area contributed by atoms with Crippen LogP contribution in [0.5, 0.6) is 0 Å². The van der Waals surface area contributed by atoms with E-state index < -0.39 is 0 Å². The molecule has 0 aromatic heterocycles. The van der Waals surface area contributed by atoms with Crippen molar-refractivity contribution in [3.8, 4) is 0 Å². The summed E-state index contributed by atoms with van der Waals surface area (Å²) in [7, 11) is 0. The molecule has 11 heavy (non-hydrogen) atoms. The third-order valence-electron chi connectivity index (χ3n) is 1.96. The second-order valence-corrected chi connectivity index (χ2v) is 3.32. The van der Waals surface area contributed by atoms with Crippen LogP contribution in [0.25, 0.3) is 0 Å². The zero-order valence-electron chi connectivity index (χ0n) is 8.22. The first-order chi connectivity index (χ1) is 5.22. The molecule has 0 saturated carbocycles. The van der Waals surface area contributed by atoms with E-state index in [1.54, 1.807) is 0 Å². The molecule has 0 saturated heterocycles. The molecule has 0 N–H and O–H groups in total. The molecule has 1 atom stereocenters. The molecule has 0 heterocycles. The molecule has 0 aliphatic rings. The lowest BCUT2D eigenvalue weighted by atomic mass is 9.91. The second-order valence-electron chi connectivity index (χ2n) is 3.32. The van der Waals surface area contributed by atoms with Crippen molar-refractivity contribution in [3.63, 3.8) is 0 Å². The molecule has 0 nitrogen and oxygen atoms in total. The summed E-state index contributed by atoms with van der Waals surface area (Å²) >= 11 is 0. The Morgan fingerprint density at radius 3 is 2.36 bits per heavy atom. The Kier molecular flexibility index (Phi) is 5.97. The summed E-state index contributed by atoms with van der Waals surface area (Å²) in [6.45, 7) is 8.79. The summed E-state index contributed by atoms with van der Waals surface area (Å²) in [4.78, 5) is 0. The normalized spacial score (nSPS) is 12.5. The number of allylic oxidation sites excluding steroid dienone is 1. The second kappa shape index (κ2) is 6.24. The van der Waals surface area contributed by atoms with E-state index in [2.05, 4.69) is 32.6 Å². The molecule has 0 aliphatic heterocycles. The zero-order valence-corrected chi connectivity index (χ0v) is 8.22. The largest absolute Gasteiger partial charge is 0.130 e. The molecular weight excluding hydrogens is 132 g/mol. The van der Waals surface area contributed by atoms with Crippen LogP contribution in [0.1, 0.15) is 40.5 Å². The number of rotatable bonds is 4. The van der Waals surface area contributed by atoms with Crippen LogP contribution in [0.3, 0.4) is 0 Å². The molecule has 0 aromatic carbocycles. The maximum Gasteiger partial charge on any atom is -0.0135 e.